The first-order valence-corrected chi connectivity index (χ1v) is 5.63. The molecular formula is C11H20N4O. The predicted octanol–water partition coefficient (Wildman–Crippen LogP) is 0.525. The zero-order valence-corrected chi connectivity index (χ0v) is 9.94. The molecule has 1 atom stereocenters. The molecule has 0 aromatic carbocycles. The molecule has 0 bridgehead atoms. The van der Waals surface area contributed by atoms with Crippen molar-refractivity contribution in [3.8, 4) is 0 Å². The Hall–Kier alpha value is -1.36. The third-order valence-electron chi connectivity index (χ3n) is 2.75. The number of rotatable bonds is 6. The number of carbonyl (C=O) groups is 1. The number of nitrogens with one attached hydrogen (secondary N) is 1. The number of aromatic nitrogens is 2. The van der Waals surface area contributed by atoms with Crippen molar-refractivity contribution in [2.75, 3.05) is 13.1 Å². The zero-order chi connectivity index (χ0) is 12.0. The Bertz CT molecular complexity index is 334. The molecule has 0 spiro atoms. The van der Waals surface area contributed by atoms with Crippen LogP contribution in [0.4, 0.5) is 0 Å². The summed E-state index contributed by atoms with van der Waals surface area (Å²) >= 11 is 0. The van der Waals surface area contributed by atoms with Gasteiger partial charge in [0.05, 0.1) is 12.5 Å². The molecule has 3 N–H and O–H groups in total. The van der Waals surface area contributed by atoms with Gasteiger partial charge in [-0.25, -0.2) is 4.98 Å². The summed E-state index contributed by atoms with van der Waals surface area (Å²) in [6.07, 6.45) is 5.16. The van der Waals surface area contributed by atoms with E-state index in [-0.39, 0.29) is 5.91 Å². The minimum Gasteiger partial charge on any atom is -0.350 e. The molecule has 1 amide bonds. The molecule has 0 radical (unpaired) electrons. The summed E-state index contributed by atoms with van der Waals surface area (Å²) in [6, 6.07) is 0. The lowest BCUT2D eigenvalue weighted by Crippen LogP contribution is -2.31. The maximum Gasteiger partial charge on any atom is 0.269 e. The summed E-state index contributed by atoms with van der Waals surface area (Å²) in [7, 11) is 1.80. The van der Waals surface area contributed by atoms with Gasteiger partial charge in [-0.05, 0) is 18.9 Å². The fraction of sp³-hybridized carbons (Fsp3) is 0.636. The number of nitrogens with two attached hydrogens (primary N) is 1. The van der Waals surface area contributed by atoms with Gasteiger partial charge in [-0.15, -0.1) is 0 Å². The van der Waals surface area contributed by atoms with Crippen LogP contribution in [0, 0.1) is 5.92 Å². The molecule has 0 fully saturated rings. The molecule has 5 nitrogen and oxygen atoms in total. The lowest BCUT2D eigenvalue weighted by molar-refractivity contribution is 0.0938. The number of carbonyl (C=O) groups excluding carboxylic acids is 1. The average molecular weight is 224 g/mol. The van der Waals surface area contributed by atoms with Crippen molar-refractivity contribution in [2.24, 2.45) is 18.7 Å². The molecule has 0 aliphatic carbocycles. The second-order valence-electron chi connectivity index (χ2n) is 3.95. The van der Waals surface area contributed by atoms with Crippen LogP contribution >= 0.6 is 0 Å². The lowest BCUT2D eigenvalue weighted by atomic mass is 10.0. The van der Waals surface area contributed by atoms with E-state index in [9.17, 15) is 4.79 Å². The van der Waals surface area contributed by atoms with Crippen LogP contribution in [-0.2, 0) is 7.05 Å². The van der Waals surface area contributed by atoms with Crippen LogP contribution in [0.15, 0.2) is 12.5 Å². The van der Waals surface area contributed by atoms with Gasteiger partial charge >= 0.3 is 0 Å². The average Bonchev–Trinajstić information content (AvgIpc) is 2.70. The molecule has 1 rings (SSSR count). The maximum atomic E-state index is 11.7. The van der Waals surface area contributed by atoms with E-state index >= 15 is 0 Å². The van der Waals surface area contributed by atoms with Crippen molar-refractivity contribution in [3.63, 3.8) is 0 Å². The highest BCUT2D eigenvalue weighted by atomic mass is 16.1. The first-order valence-electron chi connectivity index (χ1n) is 5.63. The lowest BCUT2D eigenvalue weighted by Gasteiger charge is -2.14. The summed E-state index contributed by atoms with van der Waals surface area (Å²) in [4.78, 5) is 15.7. The summed E-state index contributed by atoms with van der Waals surface area (Å²) in [6.45, 7) is 3.45. The number of aryl methyl sites for hydroxylation is 1. The maximum absolute atomic E-state index is 11.7. The second kappa shape index (κ2) is 6.27. The summed E-state index contributed by atoms with van der Waals surface area (Å²) < 4.78 is 1.71. The minimum absolute atomic E-state index is 0.0736. The SMILES string of the molecule is CCC(CCN)CNC(=O)c1cncn1C. The summed E-state index contributed by atoms with van der Waals surface area (Å²) in [5.74, 6) is 0.387. The molecule has 0 saturated carbocycles. The van der Waals surface area contributed by atoms with Crippen molar-refractivity contribution in [1.29, 1.82) is 0 Å². The van der Waals surface area contributed by atoms with E-state index in [2.05, 4.69) is 17.2 Å². The van der Waals surface area contributed by atoms with E-state index in [0.717, 1.165) is 12.8 Å². The van der Waals surface area contributed by atoms with Crippen LogP contribution in [-0.4, -0.2) is 28.5 Å². The first kappa shape index (κ1) is 12.7. The van der Waals surface area contributed by atoms with E-state index in [1.165, 1.54) is 0 Å². The predicted molar refractivity (Wildman–Crippen MR) is 63.0 cm³/mol. The topological polar surface area (TPSA) is 72.9 Å². The van der Waals surface area contributed by atoms with Gasteiger partial charge in [-0.1, -0.05) is 13.3 Å². The van der Waals surface area contributed by atoms with Crippen LogP contribution in [0.2, 0.25) is 0 Å². The standard InChI is InChI=1S/C11H20N4O/c1-3-9(4-5-12)6-14-11(16)10-7-13-8-15(10)2/h7-9H,3-6,12H2,1-2H3,(H,14,16). The summed E-state index contributed by atoms with van der Waals surface area (Å²) in [5, 5.41) is 2.91. The van der Waals surface area contributed by atoms with Gasteiger partial charge in [-0.2, -0.15) is 0 Å². The molecular weight excluding hydrogens is 204 g/mol. The van der Waals surface area contributed by atoms with Crippen LogP contribution in [0.25, 0.3) is 0 Å². The molecule has 1 heterocycles. The Morgan fingerprint density at radius 2 is 2.44 bits per heavy atom. The van der Waals surface area contributed by atoms with Gasteiger partial charge in [0.15, 0.2) is 0 Å². The van der Waals surface area contributed by atoms with Crippen molar-refractivity contribution >= 4 is 5.91 Å². The van der Waals surface area contributed by atoms with Crippen molar-refractivity contribution in [2.45, 2.75) is 19.8 Å². The normalized spacial score (nSPS) is 12.4. The van der Waals surface area contributed by atoms with Crippen LogP contribution in [0.1, 0.15) is 30.3 Å². The van der Waals surface area contributed by atoms with E-state index < -0.39 is 0 Å². The first-order chi connectivity index (χ1) is 7.69. The molecule has 90 valence electrons. The Balaban J connectivity index is 2.43. The molecule has 0 aliphatic rings. The smallest absolute Gasteiger partial charge is 0.269 e. The minimum atomic E-state index is -0.0736. The number of hydrogen-bond donors (Lipinski definition) is 2. The third-order valence-corrected chi connectivity index (χ3v) is 2.75. The number of imidazole rings is 1. The van der Waals surface area contributed by atoms with Gasteiger partial charge in [0.25, 0.3) is 5.91 Å². The zero-order valence-electron chi connectivity index (χ0n) is 9.94. The van der Waals surface area contributed by atoms with Crippen molar-refractivity contribution in [3.05, 3.63) is 18.2 Å². The van der Waals surface area contributed by atoms with E-state index in [0.29, 0.717) is 24.7 Å². The number of nitrogens with zero attached hydrogens (tertiary/aromatic N) is 2. The second-order valence-corrected chi connectivity index (χ2v) is 3.95. The largest absolute Gasteiger partial charge is 0.350 e. The summed E-state index contributed by atoms with van der Waals surface area (Å²) in [5.41, 5.74) is 6.09. The Kier molecular flexibility index (Phi) is 4.98. The highest BCUT2D eigenvalue weighted by molar-refractivity contribution is 5.92. The molecule has 0 saturated heterocycles. The quantitative estimate of drug-likeness (QED) is 0.740. The molecule has 5 heteroatoms. The van der Waals surface area contributed by atoms with Crippen LogP contribution in [0.3, 0.4) is 0 Å². The van der Waals surface area contributed by atoms with Crippen molar-refractivity contribution < 1.29 is 4.79 Å². The monoisotopic (exact) mass is 224 g/mol. The number of hydrogen-bond acceptors (Lipinski definition) is 3. The molecule has 1 unspecified atom stereocenters. The fourth-order valence-electron chi connectivity index (χ4n) is 1.59. The van der Waals surface area contributed by atoms with Gasteiger partial charge in [0, 0.05) is 13.6 Å². The molecule has 1 aromatic rings. The molecule has 1 aromatic heterocycles. The fourth-order valence-corrected chi connectivity index (χ4v) is 1.59. The number of amides is 1. The van der Waals surface area contributed by atoms with E-state index in [4.69, 9.17) is 5.73 Å². The van der Waals surface area contributed by atoms with Crippen LogP contribution < -0.4 is 11.1 Å². The van der Waals surface area contributed by atoms with Gasteiger partial charge in [0.2, 0.25) is 0 Å². The van der Waals surface area contributed by atoms with Gasteiger partial charge in [0.1, 0.15) is 5.69 Å². The van der Waals surface area contributed by atoms with E-state index in [1.807, 2.05) is 0 Å². The molecule has 0 aliphatic heterocycles. The van der Waals surface area contributed by atoms with E-state index in [1.54, 1.807) is 24.1 Å². The Morgan fingerprint density at radius 1 is 1.69 bits per heavy atom. The van der Waals surface area contributed by atoms with Crippen LogP contribution in [0.5, 0.6) is 0 Å². The Morgan fingerprint density at radius 3 is 2.94 bits per heavy atom. The van der Waals surface area contributed by atoms with Crippen molar-refractivity contribution in [1.82, 2.24) is 14.9 Å². The Labute approximate surface area is 96.0 Å². The van der Waals surface area contributed by atoms with Gasteiger partial charge in [-0.3, -0.25) is 4.79 Å². The third kappa shape index (κ3) is 3.34. The highest BCUT2D eigenvalue weighted by Crippen LogP contribution is 2.05. The molecule has 16 heavy (non-hydrogen) atoms. The highest BCUT2D eigenvalue weighted by Gasteiger charge is 2.11. The van der Waals surface area contributed by atoms with Gasteiger partial charge < -0.3 is 15.6 Å².